The predicted octanol–water partition coefficient (Wildman–Crippen LogP) is 5.96. The van der Waals surface area contributed by atoms with E-state index in [1.165, 1.54) is 27.8 Å². The third kappa shape index (κ3) is 3.94. The molecule has 2 heteroatoms. The topological polar surface area (TPSA) is 23.5 Å². The molecular formula is C32H29NO. The van der Waals surface area contributed by atoms with Gasteiger partial charge in [0.1, 0.15) is 0 Å². The molecule has 0 radical (unpaired) electrons. The predicted molar refractivity (Wildman–Crippen MR) is 138 cm³/mol. The van der Waals surface area contributed by atoms with Gasteiger partial charge in [0.2, 0.25) is 0 Å². The van der Waals surface area contributed by atoms with Crippen LogP contribution >= 0.6 is 0 Å². The van der Waals surface area contributed by atoms with E-state index in [1.807, 2.05) is 0 Å². The lowest BCUT2D eigenvalue weighted by Crippen LogP contribution is -2.52. The van der Waals surface area contributed by atoms with Crippen molar-refractivity contribution < 1.29 is 5.11 Å². The van der Waals surface area contributed by atoms with Gasteiger partial charge in [-0.05, 0) is 34.2 Å². The Bertz CT molecular complexity index is 1180. The Balaban J connectivity index is 1.82. The summed E-state index contributed by atoms with van der Waals surface area (Å²) in [5, 5.41) is 9.43. The maximum Gasteiger partial charge on any atom is 0.0985 e. The standard InChI is InChI=1S/C32H29NO/c34-25-13-12-22-31-30-21-11-10-14-26(30)23-24-33(31)32(27-15-4-1-5-16-27,28-17-6-2-7-18-28)29-19-8-3-9-20-29/h1-11,14-21,31,34H,13,23-25H2/t31-/m1/s1. The minimum absolute atomic E-state index is 0.0720. The Morgan fingerprint density at radius 1 is 0.706 bits per heavy atom. The Hall–Kier alpha value is -3.64. The SMILES string of the molecule is OCCC#C[C@@H]1c2ccccc2CCN1C(c1ccccc1)(c1ccccc1)c1ccccc1. The van der Waals surface area contributed by atoms with Gasteiger partial charge in [-0.25, -0.2) is 0 Å². The van der Waals surface area contributed by atoms with Gasteiger partial charge in [-0.1, -0.05) is 127 Å². The van der Waals surface area contributed by atoms with Gasteiger partial charge in [0.15, 0.2) is 0 Å². The van der Waals surface area contributed by atoms with Crippen LogP contribution in [-0.4, -0.2) is 23.2 Å². The molecule has 0 saturated carbocycles. The number of hydrogen-bond acceptors (Lipinski definition) is 2. The first-order valence-electron chi connectivity index (χ1n) is 12.0. The van der Waals surface area contributed by atoms with Crippen molar-refractivity contribution in [2.75, 3.05) is 13.2 Å². The average Bonchev–Trinajstić information content (AvgIpc) is 2.92. The van der Waals surface area contributed by atoms with Crippen molar-refractivity contribution in [3.05, 3.63) is 143 Å². The van der Waals surface area contributed by atoms with Crippen molar-refractivity contribution in [1.82, 2.24) is 4.90 Å². The fraction of sp³-hybridized carbons (Fsp3) is 0.188. The maximum atomic E-state index is 9.43. The van der Waals surface area contributed by atoms with Crippen molar-refractivity contribution in [3.63, 3.8) is 0 Å². The molecule has 0 spiro atoms. The van der Waals surface area contributed by atoms with Crippen LogP contribution in [0.1, 0.15) is 40.3 Å². The van der Waals surface area contributed by atoms with Crippen LogP contribution in [0.15, 0.2) is 115 Å². The molecule has 0 aromatic heterocycles. The summed E-state index contributed by atoms with van der Waals surface area (Å²) in [5.41, 5.74) is 5.76. The molecule has 1 atom stereocenters. The van der Waals surface area contributed by atoms with Gasteiger partial charge in [-0.2, -0.15) is 0 Å². The normalized spacial score (nSPS) is 15.7. The molecule has 4 aromatic rings. The molecular weight excluding hydrogens is 414 g/mol. The zero-order chi connectivity index (χ0) is 23.2. The van der Waals surface area contributed by atoms with Crippen molar-refractivity contribution in [2.24, 2.45) is 0 Å². The molecule has 168 valence electrons. The molecule has 0 unspecified atom stereocenters. The third-order valence-electron chi connectivity index (χ3n) is 6.76. The number of aliphatic hydroxyl groups excluding tert-OH is 1. The molecule has 0 bridgehead atoms. The molecule has 1 N–H and O–H groups in total. The highest BCUT2D eigenvalue weighted by Crippen LogP contribution is 2.48. The van der Waals surface area contributed by atoms with Crippen molar-refractivity contribution in [2.45, 2.75) is 24.4 Å². The van der Waals surface area contributed by atoms with Crippen LogP contribution in [0.25, 0.3) is 0 Å². The summed E-state index contributed by atoms with van der Waals surface area (Å²) in [6, 6.07) is 41.0. The number of benzene rings is 4. The van der Waals surface area contributed by atoms with E-state index in [9.17, 15) is 5.11 Å². The van der Waals surface area contributed by atoms with Gasteiger partial charge in [-0.15, -0.1) is 0 Å². The smallest absolute Gasteiger partial charge is 0.0985 e. The minimum Gasteiger partial charge on any atom is -0.395 e. The van der Waals surface area contributed by atoms with E-state index in [0.29, 0.717) is 6.42 Å². The first-order valence-corrected chi connectivity index (χ1v) is 12.0. The monoisotopic (exact) mass is 443 g/mol. The highest BCUT2D eigenvalue weighted by Gasteiger charge is 2.46. The quantitative estimate of drug-likeness (QED) is 0.304. The van der Waals surface area contributed by atoms with Gasteiger partial charge in [0.05, 0.1) is 18.2 Å². The van der Waals surface area contributed by atoms with Crippen molar-refractivity contribution >= 4 is 0 Å². The molecule has 4 aromatic carbocycles. The van der Waals surface area contributed by atoms with E-state index < -0.39 is 5.54 Å². The van der Waals surface area contributed by atoms with E-state index in [2.05, 4.69) is 132 Å². The van der Waals surface area contributed by atoms with E-state index in [4.69, 9.17) is 0 Å². The van der Waals surface area contributed by atoms with Crippen LogP contribution in [0.2, 0.25) is 0 Å². The molecule has 1 heterocycles. The van der Waals surface area contributed by atoms with E-state index >= 15 is 0 Å². The summed E-state index contributed by atoms with van der Waals surface area (Å²) in [6.45, 7) is 0.941. The van der Waals surface area contributed by atoms with Crippen LogP contribution < -0.4 is 0 Å². The lowest BCUT2D eigenvalue weighted by atomic mass is 9.73. The van der Waals surface area contributed by atoms with E-state index in [0.717, 1.165) is 13.0 Å². The van der Waals surface area contributed by atoms with Gasteiger partial charge in [-0.3, -0.25) is 4.90 Å². The second-order valence-corrected chi connectivity index (χ2v) is 8.65. The van der Waals surface area contributed by atoms with Crippen LogP contribution in [-0.2, 0) is 12.0 Å². The lowest BCUT2D eigenvalue weighted by Gasteiger charge is -2.50. The summed E-state index contributed by atoms with van der Waals surface area (Å²) in [5.74, 6) is 6.82. The highest BCUT2D eigenvalue weighted by molar-refractivity contribution is 5.52. The zero-order valence-electron chi connectivity index (χ0n) is 19.3. The van der Waals surface area contributed by atoms with Crippen molar-refractivity contribution in [1.29, 1.82) is 0 Å². The summed E-state index contributed by atoms with van der Waals surface area (Å²) in [4.78, 5) is 2.57. The third-order valence-corrected chi connectivity index (χ3v) is 6.76. The van der Waals surface area contributed by atoms with E-state index in [-0.39, 0.29) is 12.6 Å². The molecule has 1 aliphatic heterocycles. The number of nitrogens with zero attached hydrogens (tertiary/aromatic N) is 1. The fourth-order valence-electron chi connectivity index (χ4n) is 5.34. The minimum atomic E-state index is -0.518. The van der Waals surface area contributed by atoms with Crippen LogP contribution in [0.4, 0.5) is 0 Å². The van der Waals surface area contributed by atoms with Crippen molar-refractivity contribution in [3.8, 4) is 11.8 Å². The van der Waals surface area contributed by atoms with Crippen LogP contribution in [0.3, 0.4) is 0 Å². The number of hydrogen-bond donors (Lipinski definition) is 1. The van der Waals surface area contributed by atoms with Gasteiger partial charge >= 0.3 is 0 Å². The molecule has 0 amide bonds. The average molecular weight is 444 g/mol. The summed E-state index contributed by atoms with van der Waals surface area (Å²) < 4.78 is 0. The van der Waals surface area contributed by atoms with Gasteiger partial charge in [0, 0.05) is 13.0 Å². The second-order valence-electron chi connectivity index (χ2n) is 8.65. The molecule has 5 rings (SSSR count). The fourth-order valence-corrected chi connectivity index (χ4v) is 5.34. The Morgan fingerprint density at radius 2 is 1.21 bits per heavy atom. The van der Waals surface area contributed by atoms with E-state index in [1.54, 1.807) is 0 Å². The molecule has 34 heavy (non-hydrogen) atoms. The first-order chi connectivity index (χ1) is 16.9. The molecule has 2 nitrogen and oxygen atoms in total. The molecule has 0 aliphatic carbocycles. The number of rotatable bonds is 5. The van der Waals surface area contributed by atoms with Crippen LogP contribution in [0.5, 0.6) is 0 Å². The van der Waals surface area contributed by atoms with Gasteiger partial charge in [0.25, 0.3) is 0 Å². The summed E-state index contributed by atoms with van der Waals surface area (Å²) in [7, 11) is 0. The maximum absolute atomic E-state index is 9.43. The van der Waals surface area contributed by atoms with Crippen LogP contribution in [0, 0.1) is 11.8 Å². The second kappa shape index (κ2) is 10.1. The first kappa shape index (κ1) is 22.2. The summed E-state index contributed by atoms with van der Waals surface area (Å²) >= 11 is 0. The Labute approximate surface area is 202 Å². The molecule has 0 fully saturated rings. The lowest BCUT2D eigenvalue weighted by molar-refractivity contribution is 0.118. The zero-order valence-corrected chi connectivity index (χ0v) is 19.3. The highest BCUT2D eigenvalue weighted by atomic mass is 16.2. The number of aliphatic hydroxyl groups is 1. The summed E-state index contributed by atoms with van der Waals surface area (Å²) in [6.07, 6.45) is 1.43. The largest absolute Gasteiger partial charge is 0.395 e. The Kier molecular flexibility index (Phi) is 6.58. The molecule has 0 saturated heterocycles. The van der Waals surface area contributed by atoms with Gasteiger partial charge < -0.3 is 5.11 Å². The number of fused-ring (bicyclic) bond motifs is 1. The Morgan fingerprint density at radius 3 is 1.74 bits per heavy atom. The molecule has 1 aliphatic rings.